The van der Waals surface area contributed by atoms with Gasteiger partial charge in [0.05, 0.1) is 0 Å². The van der Waals surface area contributed by atoms with Gasteiger partial charge < -0.3 is 0 Å². The summed E-state index contributed by atoms with van der Waals surface area (Å²) in [5.41, 5.74) is 0.136. The molecule has 1 rings (SSSR count). The van der Waals surface area contributed by atoms with Crippen molar-refractivity contribution in [1.82, 2.24) is 0 Å². The van der Waals surface area contributed by atoms with Crippen LogP contribution in [0.25, 0.3) is 0 Å². The normalized spacial score (nSPS) is 32.6. The largest absolute Gasteiger partial charge is 0.300 e. The Balaban J connectivity index is 2.92. The van der Waals surface area contributed by atoms with E-state index in [1.165, 1.54) is 0 Å². The summed E-state index contributed by atoms with van der Waals surface area (Å²) in [5, 5.41) is 0. The van der Waals surface area contributed by atoms with E-state index in [-0.39, 0.29) is 5.41 Å². The van der Waals surface area contributed by atoms with Crippen LogP contribution < -0.4 is 0 Å². The molecule has 0 aromatic heterocycles. The molecule has 0 saturated heterocycles. The molecule has 0 N–H and O–H groups in total. The van der Waals surface area contributed by atoms with E-state index < -0.39 is 0 Å². The third kappa shape index (κ3) is 1.74. The SMILES string of the molecule is C=C[C@@H]1CC(=O)C[C@@H](C=C)C1(C)C. The lowest BCUT2D eigenvalue weighted by molar-refractivity contribution is -0.125. The van der Waals surface area contributed by atoms with Gasteiger partial charge >= 0.3 is 0 Å². The van der Waals surface area contributed by atoms with Crippen LogP contribution >= 0.6 is 0 Å². The summed E-state index contributed by atoms with van der Waals surface area (Å²) in [5.74, 6) is 0.947. The van der Waals surface area contributed by atoms with Crippen molar-refractivity contribution in [2.75, 3.05) is 0 Å². The first-order chi connectivity index (χ1) is 6.02. The first kappa shape index (κ1) is 10.2. The molecule has 1 fully saturated rings. The molecule has 0 heterocycles. The fourth-order valence-corrected chi connectivity index (χ4v) is 2.15. The van der Waals surface area contributed by atoms with Gasteiger partial charge in [-0.3, -0.25) is 4.79 Å². The van der Waals surface area contributed by atoms with E-state index >= 15 is 0 Å². The Morgan fingerprint density at radius 3 is 1.92 bits per heavy atom. The van der Waals surface area contributed by atoms with Crippen molar-refractivity contribution < 1.29 is 4.79 Å². The first-order valence-electron chi connectivity index (χ1n) is 4.79. The number of carbonyl (C=O) groups is 1. The Bertz CT molecular complexity index is 216. The molecule has 0 unspecified atom stereocenters. The number of carbonyl (C=O) groups excluding carboxylic acids is 1. The second kappa shape index (κ2) is 3.49. The van der Waals surface area contributed by atoms with Gasteiger partial charge in [0.2, 0.25) is 0 Å². The predicted molar refractivity (Wildman–Crippen MR) is 55.4 cm³/mol. The number of Topliss-reactive ketones (excluding diaryl/α,β-unsaturated/α-hetero) is 1. The Morgan fingerprint density at radius 1 is 1.23 bits per heavy atom. The number of ketones is 1. The summed E-state index contributed by atoms with van der Waals surface area (Å²) < 4.78 is 0. The highest BCUT2D eigenvalue weighted by Crippen LogP contribution is 2.44. The van der Waals surface area contributed by atoms with Gasteiger partial charge in [-0.25, -0.2) is 0 Å². The molecule has 0 spiro atoms. The van der Waals surface area contributed by atoms with E-state index in [9.17, 15) is 4.79 Å². The Morgan fingerprint density at radius 2 is 1.62 bits per heavy atom. The van der Waals surface area contributed by atoms with Crippen LogP contribution in [0.15, 0.2) is 25.3 Å². The van der Waals surface area contributed by atoms with Crippen LogP contribution in [-0.4, -0.2) is 5.78 Å². The minimum absolute atomic E-state index is 0.136. The highest BCUT2D eigenvalue weighted by molar-refractivity contribution is 5.80. The van der Waals surface area contributed by atoms with Gasteiger partial charge in [0.15, 0.2) is 0 Å². The van der Waals surface area contributed by atoms with Crippen molar-refractivity contribution in [3.05, 3.63) is 25.3 Å². The van der Waals surface area contributed by atoms with Crippen molar-refractivity contribution in [1.29, 1.82) is 0 Å². The molecule has 1 aliphatic rings. The maximum atomic E-state index is 11.4. The third-order valence-corrected chi connectivity index (χ3v) is 3.38. The smallest absolute Gasteiger partial charge is 0.134 e. The van der Waals surface area contributed by atoms with E-state index in [2.05, 4.69) is 27.0 Å². The van der Waals surface area contributed by atoms with Gasteiger partial charge in [-0.1, -0.05) is 26.0 Å². The van der Waals surface area contributed by atoms with Crippen LogP contribution in [0.1, 0.15) is 26.7 Å². The average Bonchev–Trinajstić information content (AvgIpc) is 2.08. The van der Waals surface area contributed by atoms with Crippen LogP contribution in [0.2, 0.25) is 0 Å². The van der Waals surface area contributed by atoms with Gasteiger partial charge in [-0.05, 0) is 17.3 Å². The Hall–Kier alpha value is -0.850. The molecule has 0 aromatic carbocycles. The van der Waals surface area contributed by atoms with Crippen LogP contribution in [0.4, 0.5) is 0 Å². The summed E-state index contributed by atoms with van der Waals surface area (Å²) in [4.78, 5) is 11.4. The lowest BCUT2D eigenvalue weighted by Crippen LogP contribution is -2.38. The number of allylic oxidation sites excluding steroid dienone is 2. The van der Waals surface area contributed by atoms with Crippen molar-refractivity contribution in [2.45, 2.75) is 26.7 Å². The van der Waals surface area contributed by atoms with Crippen LogP contribution in [0.5, 0.6) is 0 Å². The molecular formula is C12H18O. The first-order valence-corrected chi connectivity index (χ1v) is 4.79. The zero-order chi connectivity index (χ0) is 10.1. The highest BCUT2D eigenvalue weighted by Gasteiger charge is 2.40. The van der Waals surface area contributed by atoms with Crippen molar-refractivity contribution in [3.63, 3.8) is 0 Å². The van der Waals surface area contributed by atoms with E-state index in [4.69, 9.17) is 0 Å². The molecule has 2 atom stereocenters. The molecule has 0 amide bonds. The number of rotatable bonds is 2. The second-order valence-electron chi connectivity index (χ2n) is 4.45. The topological polar surface area (TPSA) is 17.1 Å². The van der Waals surface area contributed by atoms with E-state index in [1.54, 1.807) is 0 Å². The molecule has 13 heavy (non-hydrogen) atoms. The Kier molecular flexibility index (Phi) is 2.74. The van der Waals surface area contributed by atoms with Gasteiger partial charge in [0, 0.05) is 12.8 Å². The molecule has 1 heteroatoms. The van der Waals surface area contributed by atoms with Gasteiger partial charge in [-0.15, -0.1) is 13.2 Å². The summed E-state index contributed by atoms with van der Waals surface area (Å²) in [6.45, 7) is 12.0. The summed E-state index contributed by atoms with van der Waals surface area (Å²) in [6, 6.07) is 0. The standard InChI is InChI=1S/C12H18O/c1-5-9-7-11(13)8-10(6-2)12(9,3)4/h5-6,9-10H,1-2,7-8H2,3-4H3/t9-,10-/m1/s1. The molecule has 1 nitrogen and oxygen atoms in total. The molecular weight excluding hydrogens is 160 g/mol. The van der Waals surface area contributed by atoms with Crippen molar-refractivity contribution in [3.8, 4) is 0 Å². The molecule has 1 saturated carbocycles. The molecule has 0 bridgehead atoms. The number of hydrogen-bond donors (Lipinski definition) is 0. The second-order valence-corrected chi connectivity index (χ2v) is 4.45. The minimum Gasteiger partial charge on any atom is -0.300 e. The molecule has 0 aliphatic heterocycles. The average molecular weight is 178 g/mol. The quantitative estimate of drug-likeness (QED) is 0.594. The Labute approximate surface area is 80.5 Å². The highest BCUT2D eigenvalue weighted by atomic mass is 16.1. The zero-order valence-electron chi connectivity index (χ0n) is 8.55. The van der Waals surface area contributed by atoms with Crippen LogP contribution in [0.3, 0.4) is 0 Å². The van der Waals surface area contributed by atoms with Crippen LogP contribution in [0, 0.1) is 17.3 Å². The summed E-state index contributed by atoms with van der Waals surface area (Å²) in [7, 11) is 0. The van der Waals surface area contributed by atoms with Crippen molar-refractivity contribution >= 4 is 5.78 Å². The van der Waals surface area contributed by atoms with E-state index in [0.29, 0.717) is 30.5 Å². The fourth-order valence-electron chi connectivity index (χ4n) is 2.15. The fraction of sp³-hybridized carbons (Fsp3) is 0.583. The maximum absolute atomic E-state index is 11.4. The maximum Gasteiger partial charge on any atom is 0.134 e. The van der Waals surface area contributed by atoms with E-state index in [1.807, 2.05) is 12.2 Å². The number of hydrogen-bond acceptors (Lipinski definition) is 1. The van der Waals surface area contributed by atoms with Crippen molar-refractivity contribution in [2.24, 2.45) is 17.3 Å². The zero-order valence-corrected chi connectivity index (χ0v) is 8.55. The molecule has 0 aromatic rings. The van der Waals surface area contributed by atoms with E-state index in [0.717, 1.165) is 0 Å². The van der Waals surface area contributed by atoms with Gasteiger partial charge in [0.1, 0.15) is 5.78 Å². The third-order valence-electron chi connectivity index (χ3n) is 3.38. The molecule has 1 aliphatic carbocycles. The van der Waals surface area contributed by atoms with Gasteiger partial charge in [-0.2, -0.15) is 0 Å². The lowest BCUT2D eigenvalue weighted by atomic mass is 9.62. The van der Waals surface area contributed by atoms with Crippen LogP contribution in [-0.2, 0) is 4.79 Å². The summed E-state index contributed by atoms with van der Waals surface area (Å²) >= 11 is 0. The van der Waals surface area contributed by atoms with Gasteiger partial charge in [0.25, 0.3) is 0 Å². The lowest BCUT2D eigenvalue weighted by Gasteiger charge is -2.42. The molecule has 0 radical (unpaired) electrons. The minimum atomic E-state index is 0.136. The predicted octanol–water partition coefficient (Wildman–Crippen LogP) is 2.98. The monoisotopic (exact) mass is 178 g/mol. The summed E-state index contributed by atoms with van der Waals surface area (Å²) in [6.07, 6.45) is 5.13. The molecule has 72 valence electrons.